The number of aromatic nitrogens is 2. The zero-order chi connectivity index (χ0) is 15.4. The van der Waals surface area contributed by atoms with E-state index in [4.69, 9.17) is 0 Å². The summed E-state index contributed by atoms with van der Waals surface area (Å²) >= 11 is 0. The van der Waals surface area contributed by atoms with E-state index in [9.17, 15) is 4.79 Å². The number of fused-ring (bicyclic) bond motifs is 1. The van der Waals surface area contributed by atoms with Crippen molar-refractivity contribution in [1.82, 2.24) is 15.1 Å². The first kappa shape index (κ1) is 14.3. The lowest BCUT2D eigenvalue weighted by Gasteiger charge is -2.06. The number of carbonyl (C=O) groups excluding carboxylic acids is 1. The average molecular weight is 293 g/mol. The topological polar surface area (TPSA) is 46.9 Å². The Hall–Kier alpha value is -2.62. The Kier molecular flexibility index (Phi) is 4.19. The van der Waals surface area contributed by atoms with Crippen molar-refractivity contribution in [2.45, 2.75) is 26.4 Å². The number of hydrogen-bond acceptors (Lipinski definition) is 2. The van der Waals surface area contributed by atoms with Crippen LogP contribution < -0.4 is 5.32 Å². The van der Waals surface area contributed by atoms with Gasteiger partial charge in [-0.15, -0.1) is 0 Å². The zero-order valence-electron chi connectivity index (χ0n) is 12.6. The van der Waals surface area contributed by atoms with Gasteiger partial charge < -0.3 is 5.32 Å². The van der Waals surface area contributed by atoms with Crippen LogP contribution in [0.3, 0.4) is 0 Å². The van der Waals surface area contributed by atoms with Crippen molar-refractivity contribution in [3.05, 3.63) is 65.9 Å². The Labute approximate surface area is 129 Å². The highest BCUT2D eigenvalue weighted by Gasteiger charge is 2.06. The molecule has 1 aromatic heterocycles. The molecule has 0 aliphatic rings. The molecule has 0 saturated heterocycles. The summed E-state index contributed by atoms with van der Waals surface area (Å²) in [7, 11) is 0. The number of carbonyl (C=O) groups is 1. The second kappa shape index (κ2) is 6.43. The number of amides is 1. The van der Waals surface area contributed by atoms with Crippen molar-refractivity contribution < 1.29 is 4.79 Å². The van der Waals surface area contributed by atoms with Gasteiger partial charge in [0.05, 0.1) is 18.3 Å². The molecule has 0 atom stereocenters. The van der Waals surface area contributed by atoms with Crippen molar-refractivity contribution in [2.75, 3.05) is 0 Å². The van der Waals surface area contributed by atoms with Gasteiger partial charge in [0.15, 0.2) is 0 Å². The zero-order valence-corrected chi connectivity index (χ0v) is 12.6. The van der Waals surface area contributed by atoms with Crippen molar-refractivity contribution in [2.24, 2.45) is 0 Å². The number of benzene rings is 2. The smallest absolute Gasteiger partial charge is 0.222 e. The maximum atomic E-state index is 11.9. The van der Waals surface area contributed by atoms with Gasteiger partial charge in [-0.1, -0.05) is 42.0 Å². The Morgan fingerprint density at radius 1 is 1.18 bits per heavy atom. The van der Waals surface area contributed by atoms with Crippen LogP contribution in [0.1, 0.15) is 17.5 Å². The molecule has 0 spiro atoms. The number of hydrogen-bond donors (Lipinski definition) is 1. The summed E-state index contributed by atoms with van der Waals surface area (Å²) in [6.07, 6.45) is 2.28. The number of nitrogens with one attached hydrogen (secondary N) is 1. The van der Waals surface area contributed by atoms with Crippen LogP contribution in [0.5, 0.6) is 0 Å². The van der Waals surface area contributed by atoms with Crippen LogP contribution in [-0.4, -0.2) is 15.7 Å². The molecule has 0 radical (unpaired) electrons. The van der Waals surface area contributed by atoms with E-state index in [1.54, 1.807) is 0 Å². The van der Waals surface area contributed by atoms with Gasteiger partial charge in [0.2, 0.25) is 5.91 Å². The minimum absolute atomic E-state index is 0.0413. The summed E-state index contributed by atoms with van der Waals surface area (Å²) in [4.78, 5) is 11.9. The molecule has 2 aromatic carbocycles. The molecular weight excluding hydrogens is 274 g/mol. The van der Waals surface area contributed by atoms with E-state index in [0.29, 0.717) is 19.5 Å². The van der Waals surface area contributed by atoms with Crippen LogP contribution in [0.25, 0.3) is 10.9 Å². The molecule has 1 amide bonds. The minimum atomic E-state index is 0.0413. The number of aryl methyl sites for hydroxylation is 2. The summed E-state index contributed by atoms with van der Waals surface area (Å²) in [5.74, 6) is 0.0413. The lowest BCUT2D eigenvalue weighted by molar-refractivity contribution is -0.121. The predicted molar refractivity (Wildman–Crippen MR) is 87.4 cm³/mol. The summed E-state index contributed by atoms with van der Waals surface area (Å²) in [6, 6.07) is 16.1. The van der Waals surface area contributed by atoms with E-state index in [-0.39, 0.29) is 5.91 Å². The molecule has 112 valence electrons. The summed E-state index contributed by atoms with van der Waals surface area (Å²) in [5.41, 5.74) is 3.39. The molecule has 22 heavy (non-hydrogen) atoms. The van der Waals surface area contributed by atoms with Crippen molar-refractivity contribution in [1.29, 1.82) is 0 Å². The molecule has 3 aromatic rings. The van der Waals surface area contributed by atoms with Crippen LogP contribution in [0.4, 0.5) is 0 Å². The molecule has 3 rings (SSSR count). The van der Waals surface area contributed by atoms with Gasteiger partial charge >= 0.3 is 0 Å². The summed E-state index contributed by atoms with van der Waals surface area (Å²) in [5, 5.41) is 8.42. The van der Waals surface area contributed by atoms with E-state index in [2.05, 4.69) is 35.5 Å². The first-order valence-corrected chi connectivity index (χ1v) is 7.45. The van der Waals surface area contributed by atoms with E-state index in [1.807, 2.05) is 41.2 Å². The third kappa shape index (κ3) is 3.34. The third-order valence-corrected chi connectivity index (χ3v) is 3.68. The van der Waals surface area contributed by atoms with Gasteiger partial charge in [-0.25, -0.2) is 0 Å². The van der Waals surface area contributed by atoms with Crippen LogP contribution in [-0.2, 0) is 17.9 Å². The van der Waals surface area contributed by atoms with Gasteiger partial charge in [-0.2, -0.15) is 5.10 Å². The molecule has 0 bridgehead atoms. The van der Waals surface area contributed by atoms with Crippen molar-refractivity contribution in [3.8, 4) is 0 Å². The Bertz CT molecular complexity index is 777. The predicted octanol–water partition coefficient (Wildman–Crippen LogP) is 3.05. The van der Waals surface area contributed by atoms with Gasteiger partial charge in [-0.05, 0) is 24.6 Å². The van der Waals surface area contributed by atoms with Crippen molar-refractivity contribution >= 4 is 16.8 Å². The summed E-state index contributed by atoms with van der Waals surface area (Å²) < 4.78 is 1.89. The highest BCUT2D eigenvalue weighted by atomic mass is 16.1. The lowest BCUT2D eigenvalue weighted by atomic mass is 10.2. The van der Waals surface area contributed by atoms with Gasteiger partial charge in [-0.3, -0.25) is 9.48 Å². The van der Waals surface area contributed by atoms with Crippen LogP contribution in [0.2, 0.25) is 0 Å². The summed E-state index contributed by atoms with van der Waals surface area (Å²) in [6.45, 7) is 3.22. The molecule has 1 N–H and O–H groups in total. The van der Waals surface area contributed by atoms with E-state index < -0.39 is 0 Å². The largest absolute Gasteiger partial charge is 0.352 e. The number of nitrogens with zero attached hydrogens (tertiary/aromatic N) is 2. The van der Waals surface area contributed by atoms with Gasteiger partial charge in [0, 0.05) is 18.4 Å². The molecule has 0 fully saturated rings. The first-order valence-electron chi connectivity index (χ1n) is 7.45. The second-order valence-corrected chi connectivity index (χ2v) is 5.44. The van der Waals surface area contributed by atoms with Crippen LogP contribution in [0.15, 0.2) is 54.7 Å². The molecule has 4 heteroatoms. The monoisotopic (exact) mass is 293 g/mol. The van der Waals surface area contributed by atoms with Gasteiger partial charge in [0.1, 0.15) is 0 Å². The Morgan fingerprint density at radius 3 is 2.82 bits per heavy atom. The fourth-order valence-corrected chi connectivity index (χ4v) is 2.48. The fraction of sp³-hybridized carbons (Fsp3) is 0.222. The minimum Gasteiger partial charge on any atom is -0.352 e. The van der Waals surface area contributed by atoms with Gasteiger partial charge in [0.25, 0.3) is 0 Å². The van der Waals surface area contributed by atoms with Crippen LogP contribution >= 0.6 is 0 Å². The highest BCUT2D eigenvalue weighted by molar-refractivity contribution is 5.80. The van der Waals surface area contributed by atoms with Crippen LogP contribution in [0, 0.1) is 6.92 Å². The Balaban J connectivity index is 1.56. The molecule has 1 heterocycles. The maximum absolute atomic E-state index is 11.9. The molecule has 0 aliphatic carbocycles. The highest BCUT2D eigenvalue weighted by Crippen LogP contribution is 2.15. The van der Waals surface area contributed by atoms with E-state index in [1.165, 1.54) is 5.56 Å². The average Bonchev–Trinajstić information content (AvgIpc) is 2.94. The normalized spacial score (nSPS) is 10.8. The third-order valence-electron chi connectivity index (χ3n) is 3.68. The lowest BCUT2D eigenvalue weighted by Crippen LogP contribution is -2.24. The maximum Gasteiger partial charge on any atom is 0.222 e. The standard InChI is InChI=1S/C18H19N3O/c1-14-7-8-17-16(11-14)13-20-21(17)10-9-18(22)19-12-15-5-3-2-4-6-15/h2-8,11,13H,9-10,12H2,1H3,(H,19,22). The molecule has 0 aliphatic heterocycles. The molecular formula is C18H19N3O. The number of rotatable bonds is 5. The van der Waals surface area contributed by atoms with Crippen molar-refractivity contribution in [3.63, 3.8) is 0 Å². The molecule has 4 nitrogen and oxygen atoms in total. The van der Waals surface area contributed by atoms with E-state index >= 15 is 0 Å². The quantitative estimate of drug-likeness (QED) is 0.786. The molecule has 0 saturated carbocycles. The SMILES string of the molecule is Cc1ccc2c(cnn2CCC(=O)NCc2ccccc2)c1. The first-order chi connectivity index (χ1) is 10.7. The van der Waals surface area contributed by atoms with E-state index in [0.717, 1.165) is 16.5 Å². The molecule has 0 unspecified atom stereocenters. The second-order valence-electron chi connectivity index (χ2n) is 5.44. The fourth-order valence-electron chi connectivity index (χ4n) is 2.48. The Morgan fingerprint density at radius 2 is 2.00 bits per heavy atom.